The van der Waals surface area contributed by atoms with Gasteiger partial charge in [0.25, 0.3) is 0 Å². The minimum absolute atomic E-state index is 0.0510. The van der Waals surface area contributed by atoms with Crippen molar-refractivity contribution in [1.82, 2.24) is 9.97 Å². The van der Waals surface area contributed by atoms with Gasteiger partial charge in [-0.2, -0.15) is 18.2 Å². The van der Waals surface area contributed by atoms with Crippen molar-refractivity contribution in [3.8, 4) is 5.75 Å². The molecular formula is C23H26F3N4O4PS. The molecule has 36 heavy (non-hydrogen) atoms. The van der Waals surface area contributed by atoms with Crippen molar-refractivity contribution in [2.75, 3.05) is 31.1 Å². The van der Waals surface area contributed by atoms with Crippen LogP contribution in [0.15, 0.2) is 53.6 Å². The smallest absolute Gasteiger partial charge is 0.421 e. The monoisotopic (exact) mass is 542 g/mol. The Morgan fingerprint density at radius 2 is 1.69 bits per heavy atom. The molecule has 2 aromatic carbocycles. The van der Waals surface area contributed by atoms with Crippen molar-refractivity contribution >= 4 is 45.4 Å². The maximum absolute atomic E-state index is 13.7. The van der Waals surface area contributed by atoms with Crippen LogP contribution < -0.4 is 20.7 Å². The lowest BCUT2D eigenvalue weighted by molar-refractivity contribution is -0.137. The van der Waals surface area contributed by atoms with Crippen molar-refractivity contribution in [1.29, 1.82) is 0 Å². The van der Waals surface area contributed by atoms with E-state index >= 15 is 0 Å². The maximum atomic E-state index is 13.7. The number of benzene rings is 2. The van der Waals surface area contributed by atoms with E-state index in [1.54, 1.807) is 31.5 Å². The maximum Gasteiger partial charge on any atom is 0.421 e. The zero-order valence-electron chi connectivity index (χ0n) is 20.2. The van der Waals surface area contributed by atoms with Gasteiger partial charge in [-0.1, -0.05) is 12.1 Å². The summed E-state index contributed by atoms with van der Waals surface area (Å²) in [5, 5.41) is 5.11. The lowest BCUT2D eigenvalue weighted by atomic mass is 10.2. The largest absolute Gasteiger partial charge is 0.495 e. The van der Waals surface area contributed by atoms with Crippen LogP contribution in [0.5, 0.6) is 5.75 Å². The van der Waals surface area contributed by atoms with Gasteiger partial charge in [0.05, 0.1) is 28.6 Å². The van der Waals surface area contributed by atoms with Crippen molar-refractivity contribution in [3.63, 3.8) is 0 Å². The standard InChI is InChI=1S/C23H26F3N4O4PS/c1-14(2)36(32,33)20-9-7-6-8-18(20)28-21-16(23(24,25)26)13-27-22(30-21)29-17-11-10-15(35(4,5)31)12-19(17)34-3/h6-14H,1-5H3,(H2,27,28,29,30). The van der Waals surface area contributed by atoms with E-state index < -0.39 is 39.8 Å². The SMILES string of the molecule is COc1cc(P(C)(C)=O)ccc1Nc1ncc(C(F)(F)F)c(Nc2ccccc2S(=O)(=O)C(C)C)n1. The predicted octanol–water partition coefficient (Wildman–Crippen LogP) is 5.42. The molecule has 0 amide bonds. The van der Waals surface area contributed by atoms with Gasteiger partial charge in [0.1, 0.15) is 24.3 Å². The minimum Gasteiger partial charge on any atom is -0.495 e. The minimum atomic E-state index is -4.81. The van der Waals surface area contributed by atoms with Crippen LogP contribution in [0.2, 0.25) is 0 Å². The van der Waals surface area contributed by atoms with Gasteiger partial charge in [-0.25, -0.2) is 13.4 Å². The van der Waals surface area contributed by atoms with Gasteiger partial charge in [0.15, 0.2) is 9.84 Å². The van der Waals surface area contributed by atoms with E-state index in [1.807, 2.05) is 0 Å². The molecule has 0 aliphatic heterocycles. The summed E-state index contributed by atoms with van der Waals surface area (Å²) < 4.78 is 84.5. The van der Waals surface area contributed by atoms with Crippen LogP contribution in [0.4, 0.5) is 36.3 Å². The number of para-hydroxylation sites is 1. The molecule has 0 unspecified atom stereocenters. The third kappa shape index (κ3) is 5.99. The molecule has 13 heteroatoms. The molecule has 0 atom stereocenters. The van der Waals surface area contributed by atoms with Crippen LogP contribution in [0.3, 0.4) is 0 Å². The van der Waals surface area contributed by atoms with Crippen LogP contribution in [-0.4, -0.2) is 44.1 Å². The molecule has 1 aromatic heterocycles. The Kier molecular flexibility index (Phi) is 7.71. The summed E-state index contributed by atoms with van der Waals surface area (Å²) in [5.41, 5.74) is -0.891. The molecular weight excluding hydrogens is 516 g/mol. The number of anilines is 4. The Bertz CT molecular complexity index is 1420. The van der Waals surface area contributed by atoms with Crippen LogP contribution in [0.1, 0.15) is 19.4 Å². The molecule has 3 rings (SSSR count). The quantitative estimate of drug-likeness (QED) is 0.363. The summed E-state index contributed by atoms with van der Waals surface area (Å²) in [4.78, 5) is 7.61. The number of ether oxygens (including phenoxy) is 1. The lowest BCUT2D eigenvalue weighted by Crippen LogP contribution is -2.17. The first-order valence-corrected chi connectivity index (χ1v) is 14.8. The molecule has 0 bridgehead atoms. The van der Waals surface area contributed by atoms with E-state index in [2.05, 4.69) is 20.6 Å². The van der Waals surface area contributed by atoms with E-state index in [0.717, 1.165) is 0 Å². The molecule has 1 heterocycles. The average molecular weight is 543 g/mol. The first kappa shape index (κ1) is 27.5. The van der Waals surface area contributed by atoms with Gasteiger partial charge in [-0.15, -0.1) is 0 Å². The Morgan fingerprint density at radius 3 is 2.28 bits per heavy atom. The third-order valence-electron chi connectivity index (χ3n) is 5.21. The molecule has 0 saturated carbocycles. The van der Waals surface area contributed by atoms with Crippen molar-refractivity contribution < 1.29 is 30.9 Å². The van der Waals surface area contributed by atoms with E-state index in [4.69, 9.17) is 4.74 Å². The second-order valence-electron chi connectivity index (χ2n) is 8.53. The summed E-state index contributed by atoms with van der Waals surface area (Å²) in [6, 6.07) is 10.4. The summed E-state index contributed by atoms with van der Waals surface area (Å²) >= 11 is 0. The predicted molar refractivity (Wildman–Crippen MR) is 134 cm³/mol. The van der Waals surface area contributed by atoms with Gasteiger partial charge in [0.2, 0.25) is 5.95 Å². The number of sulfone groups is 1. The van der Waals surface area contributed by atoms with E-state index in [1.165, 1.54) is 45.2 Å². The summed E-state index contributed by atoms with van der Waals surface area (Å²) in [5.74, 6) is -0.534. The molecule has 0 aliphatic rings. The van der Waals surface area contributed by atoms with Gasteiger partial charge >= 0.3 is 6.18 Å². The molecule has 0 aliphatic carbocycles. The topological polar surface area (TPSA) is 110 Å². The zero-order chi connectivity index (χ0) is 26.9. The number of hydrogen-bond acceptors (Lipinski definition) is 8. The zero-order valence-corrected chi connectivity index (χ0v) is 21.9. The number of hydrogen-bond donors (Lipinski definition) is 2. The summed E-state index contributed by atoms with van der Waals surface area (Å²) in [7, 11) is -4.99. The van der Waals surface area contributed by atoms with Crippen molar-refractivity contribution in [2.45, 2.75) is 30.2 Å². The van der Waals surface area contributed by atoms with E-state index in [0.29, 0.717) is 22.9 Å². The Balaban J connectivity index is 2.07. The molecule has 0 fully saturated rings. The lowest BCUT2D eigenvalue weighted by Gasteiger charge is -2.18. The molecule has 2 N–H and O–H groups in total. The highest BCUT2D eigenvalue weighted by atomic mass is 32.2. The van der Waals surface area contributed by atoms with Gasteiger partial charge in [0, 0.05) is 11.5 Å². The molecule has 8 nitrogen and oxygen atoms in total. The van der Waals surface area contributed by atoms with Crippen LogP contribution in [0.25, 0.3) is 0 Å². The second kappa shape index (κ2) is 10.1. The fourth-order valence-corrected chi connectivity index (χ4v) is 5.25. The Morgan fingerprint density at radius 1 is 1.03 bits per heavy atom. The van der Waals surface area contributed by atoms with Crippen molar-refractivity contribution in [2.24, 2.45) is 0 Å². The fourth-order valence-electron chi connectivity index (χ4n) is 3.18. The highest BCUT2D eigenvalue weighted by molar-refractivity contribution is 7.92. The van der Waals surface area contributed by atoms with Gasteiger partial charge < -0.3 is 19.9 Å². The Labute approximate surface area is 207 Å². The summed E-state index contributed by atoms with van der Waals surface area (Å²) in [6.07, 6.45) is -4.21. The van der Waals surface area contributed by atoms with Crippen LogP contribution in [0, 0.1) is 0 Å². The van der Waals surface area contributed by atoms with Crippen LogP contribution in [-0.2, 0) is 20.6 Å². The molecule has 0 spiro atoms. The normalized spacial score (nSPS) is 12.5. The number of aromatic nitrogens is 2. The van der Waals surface area contributed by atoms with Crippen molar-refractivity contribution in [3.05, 3.63) is 54.2 Å². The molecule has 0 saturated heterocycles. The Hall–Kier alpha value is -3.11. The number of nitrogens with zero attached hydrogens (tertiary/aromatic N) is 2. The third-order valence-corrected chi connectivity index (χ3v) is 8.95. The van der Waals surface area contributed by atoms with Gasteiger partial charge in [-0.3, -0.25) is 0 Å². The molecule has 3 aromatic rings. The number of methoxy groups -OCH3 is 1. The second-order valence-corrected chi connectivity index (χ2v) is 14.2. The number of halogens is 3. The molecule has 0 radical (unpaired) electrons. The highest BCUT2D eigenvalue weighted by Crippen LogP contribution is 2.39. The van der Waals surface area contributed by atoms with Crippen LogP contribution >= 0.6 is 7.14 Å². The first-order chi connectivity index (χ1) is 16.6. The number of rotatable bonds is 8. The highest BCUT2D eigenvalue weighted by Gasteiger charge is 2.36. The average Bonchev–Trinajstić information content (AvgIpc) is 2.78. The molecule has 194 valence electrons. The fraction of sp³-hybridized carbons (Fsp3) is 0.304. The van der Waals surface area contributed by atoms with E-state index in [-0.39, 0.29) is 16.5 Å². The van der Waals surface area contributed by atoms with Gasteiger partial charge in [-0.05, 0) is 57.5 Å². The number of alkyl halides is 3. The van der Waals surface area contributed by atoms with E-state index in [9.17, 15) is 26.2 Å². The summed E-state index contributed by atoms with van der Waals surface area (Å²) in [6.45, 7) is 6.16. The first-order valence-electron chi connectivity index (χ1n) is 10.7. The number of nitrogens with one attached hydrogen (secondary N) is 2.